The van der Waals surface area contributed by atoms with Gasteiger partial charge in [0.2, 0.25) is 11.8 Å². The molecule has 2 amide bonds. The number of pyridine rings is 1. The third kappa shape index (κ3) is 5.48. The van der Waals surface area contributed by atoms with Crippen molar-refractivity contribution in [3.63, 3.8) is 0 Å². The van der Waals surface area contributed by atoms with Gasteiger partial charge in [-0.2, -0.15) is 13.2 Å². The number of rotatable bonds is 5. The summed E-state index contributed by atoms with van der Waals surface area (Å²) in [5.74, 6) is -0.177. The molecule has 33 heavy (non-hydrogen) atoms. The van der Waals surface area contributed by atoms with Crippen LogP contribution in [0.15, 0.2) is 36.5 Å². The van der Waals surface area contributed by atoms with Crippen LogP contribution in [0.5, 0.6) is 11.6 Å². The highest BCUT2D eigenvalue weighted by Crippen LogP contribution is 2.34. The molecule has 0 radical (unpaired) electrons. The van der Waals surface area contributed by atoms with Crippen molar-refractivity contribution in [1.29, 1.82) is 0 Å². The lowest BCUT2D eigenvalue weighted by Gasteiger charge is -2.35. The number of benzene rings is 1. The summed E-state index contributed by atoms with van der Waals surface area (Å²) in [6, 6.07) is 6.84. The third-order valence-corrected chi connectivity index (χ3v) is 5.36. The van der Waals surface area contributed by atoms with Gasteiger partial charge in [-0.05, 0) is 24.3 Å². The zero-order chi connectivity index (χ0) is 23.6. The Labute approximate surface area is 191 Å². The second-order valence-corrected chi connectivity index (χ2v) is 7.84. The first-order chi connectivity index (χ1) is 15.7. The molecule has 1 saturated heterocycles. The SMILES string of the molecule is O=C(CN1C(=O)COc2ccc(Cl)cc21)N1CCOC(COc2ccc(C(F)(F)F)cn2)C1. The van der Waals surface area contributed by atoms with Gasteiger partial charge in [-0.3, -0.25) is 14.5 Å². The van der Waals surface area contributed by atoms with Crippen molar-refractivity contribution >= 4 is 29.1 Å². The highest BCUT2D eigenvalue weighted by Gasteiger charge is 2.32. The van der Waals surface area contributed by atoms with Crippen molar-refractivity contribution in [3.05, 3.63) is 47.1 Å². The second kappa shape index (κ2) is 9.44. The van der Waals surface area contributed by atoms with E-state index in [0.717, 1.165) is 12.1 Å². The van der Waals surface area contributed by atoms with Crippen molar-refractivity contribution in [3.8, 4) is 11.6 Å². The van der Waals surface area contributed by atoms with Crippen LogP contribution in [0.1, 0.15) is 5.56 Å². The first kappa shape index (κ1) is 23.1. The van der Waals surface area contributed by atoms with Crippen molar-refractivity contribution in [1.82, 2.24) is 9.88 Å². The molecule has 2 aromatic rings. The molecule has 1 atom stereocenters. The van der Waals surface area contributed by atoms with Crippen molar-refractivity contribution in [2.24, 2.45) is 0 Å². The quantitative estimate of drug-likeness (QED) is 0.648. The summed E-state index contributed by atoms with van der Waals surface area (Å²) in [5, 5.41) is 0.407. The van der Waals surface area contributed by atoms with E-state index in [4.69, 9.17) is 25.8 Å². The summed E-state index contributed by atoms with van der Waals surface area (Å²) in [6.45, 7) is 0.400. The average molecular weight is 486 g/mol. The molecule has 176 valence electrons. The number of fused-ring (bicyclic) bond motifs is 1. The summed E-state index contributed by atoms with van der Waals surface area (Å²) in [6.07, 6.45) is -4.29. The second-order valence-electron chi connectivity index (χ2n) is 7.41. The summed E-state index contributed by atoms with van der Waals surface area (Å²) in [7, 11) is 0. The van der Waals surface area contributed by atoms with Gasteiger partial charge in [-0.1, -0.05) is 11.6 Å². The van der Waals surface area contributed by atoms with E-state index in [9.17, 15) is 22.8 Å². The number of carbonyl (C=O) groups is 2. The molecule has 2 aliphatic heterocycles. The lowest BCUT2D eigenvalue weighted by Crippen LogP contribution is -2.52. The molecule has 0 N–H and O–H groups in total. The third-order valence-electron chi connectivity index (χ3n) is 5.13. The molecule has 0 spiro atoms. The van der Waals surface area contributed by atoms with Crippen LogP contribution < -0.4 is 14.4 Å². The Balaban J connectivity index is 1.34. The number of halogens is 4. The van der Waals surface area contributed by atoms with Gasteiger partial charge in [0.15, 0.2) is 6.61 Å². The average Bonchev–Trinajstić information content (AvgIpc) is 2.79. The maximum atomic E-state index is 12.9. The van der Waals surface area contributed by atoms with E-state index < -0.39 is 17.8 Å². The van der Waals surface area contributed by atoms with Crippen molar-refractivity contribution < 1.29 is 37.0 Å². The summed E-state index contributed by atoms with van der Waals surface area (Å²) >= 11 is 6.03. The highest BCUT2D eigenvalue weighted by atomic mass is 35.5. The van der Waals surface area contributed by atoms with Gasteiger partial charge in [0.1, 0.15) is 25.0 Å². The number of morpholine rings is 1. The molecule has 3 heterocycles. The normalized spacial score (nSPS) is 18.5. The van der Waals surface area contributed by atoms with Crippen LogP contribution in [0.3, 0.4) is 0 Å². The molecule has 0 saturated carbocycles. The molecule has 1 aromatic heterocycles. The predicted octanol–water partition coefficient (Wildman–Crippen LogP) is 2.79. The minimum Gasteiger partial charge on any atom is -0.482 e. The van der Waals surface area contributed by atoms with Crippen molar-refractivity contribution in [2.75, 3.05) is 44.4 Å². The summed E-state index contributed by atoms with van der Waals surface area (Å²) in [4.78, 5) is 31.8. The van der Waals surface area contributed by atoms with E-state index in [1.165, 1.54) is 4.90 Å². The Morgan fingerprint density at radius 3 is 2.82 bits per heavy atom. The maximum absolute atomic E-state index is 12.9. The molecular formula is C21H19ClF3N3O5. The van der Waals surface area contributed by atoms with Crippen LogP contribution in [0.2, 0.25) is 5.02 Å². The first-order valence-corrected chi connectivity index (χ1v) is 10.4. The fourth-order valence-electron chi connectivity index (χ4n) is 3.44. The number of ether oxygens (including phenoxy) is 3. The van der Waals surface area contributed by atoms with Crippen LogP contribution in [0, 0.1) is 0 Å². The molecule has 4 rings (SSSR count). The van der Waals surface area contributed by atoms with Gasteiger partial charge in [0, 0.05) is 23.8 Å². The number of aromatic nitrogens is 1. The lowest BCUT2D eigenvalue weighted by molar-refractivity contribution is -0.139. The standard InChI is InChI=1S/C21H19ClF3N3O5/c22-14-2-3-17-16(7-14)28(20(30)12-32-17)10-19(29)27-5-6-31-15(9-27)11-33-18-4-1-13(8-26-18)21(23,24)25/h1-4,7-8,15H,5-6,9-12H2. The number of hydrogen-bond donors (Lipinski definition) is 0. The highest BCUT2D eigenvalue weighted by molar-refractivity contribution is 6.31. The number of amides is 2. The fraction of sp³-hybridized carbons (Fsp3) is 0.381. The van der Waals surface area contributed by atoms with Crippen LogP contribution in [-0.2, 0) is 20.5 Å². The topological polar surface area (TPSA) is 81.2 Å². The zero-order valence-corrected chi connectivity index (χ0v) is 17.9. The predicted molar refractivity (Wildman–Crippen MR) is 110 cm³/mol. The maximum Gasteiger partial charge on any atom is 0.417 e. The van der Waals surface area contributed by atoms with E-state index >= 15 is 0 Å². The van der Waals surface area contributed by atoms with Crippen LogP contribution in [-0.4, -0.2) is 67.3 Å². The number of alkyl halides is 3. The lowest BCUT2D eigenvalue weighted by atomic mass is 10.2. The monoisotopic (exact) mass is 485 g/mol. The Morgan fingerprint density at radius 2 is 2.09 bits per heavy atom. The Hall–Kier alpha value is -3.05. The molecule has 2 aliphatic rings. The van der Waals surface area contributed by atoms with Gasteiger partial charge in [-0.25, -0.2) is 4.98 Å². The van der Waals surface area contributed by atoms with E-state index in [1.807, 2.05) is 0 Å². The molecule has 8 nitrogen and oxygen atoms in total. The van der Waals surface area contributed by atoms with Crippen LogP contribution >= 0.6 is 11.6 Å². The first-order valence-electron chi connectivity index (χ1n) is 9.99. The number of anilines is 1. The zero-order valence-electron chi connectivity index (χ0n) is 17.2. The van der Waals surface area contributed by atoms with E-state index in [-0.39, 0.29) is 50.6 Å². The van der Waals surface area contributed by atoms with E-state index in [1.54, 1.807) is 23.1 Å². The smallest absolute Gasteiger partial charge is 0.417 e. The minimum absolute atomic E-state index is 0.00291. The van der Waals surface area contributed by atoms with Gasteiger partial charge < -0.3 is 19.1 Å². The Bertz CT molecular complexity index is 1030. The molecule has 12 heteroatoms. The summed E-state index contributed by atoms with van der Waals surface area (Å²) in [5.41, 5.74) is -0.449. The molecule has 1 unspecified atom stereocenters. The van der Waals surface area contributed by atoms with Crippen LogP contribution in [0.4, 0.5) is 18.9 Å². The molecule has 0 aliphatic carbocycles. The number of carbonyl (C=O) groups excluding carboxylic acids is 2. The van der Waals surface area contributed by atoms with Gasteiger partial charge >= 0.3 is 6.18 Å². The van der Waals surface area contributed by atoms with Gasteiger partial charge in [0.25, 0.3) is 5.91 Å². The molecular weight excluding hydrogens is 467 g/mol. The number of nitrogens with zero attached hydrogens (tertiary/aromatic N) is 3. The van der Waals surface area contributed by atoms with E-state index in [0.29, 0.717) is 29.2 Å². The van der Waals surface area contributed by atoms with E-state index in [2.05, 4.69) is 4.98 Å². The van der Waals surface area contributed by atoms with Gasteiger partial charge in [-0.15, -0.1) is 0 Å². The Morgan fingerprint density at radius 1 is 1.27 bits per heavy atom. The van der Waals surface area contributed by atoms with Gasteiger partial charge in [0.05, 0.1) is 24.4 Å². The Kier molecular flexibility index (Phi) is 6.61. The molecule has 1 fully saturated rings. The minimum atomic E-state index is -4.48. The molecule has 1 aromatic carbocycles. The molecule has 0 bridgehead atoms. The van der Waals surface area contributed by atoms with Crippen LogP contribution in [0.25, 0.3) is 0 Å². The summed E-state index contributed by atoms with van der Waals surface area (Å²) < 4.78 is 54.3. The van der Waals surface area contributed by atoms with Crippen molar-refractivity contribution in [2.45, 2.75) is 12.3 Å². The fourth-order valence-corrected chi connectivity index (χ4v) is 3.61. The largest absolute Gasteiger partial charge is 0.482 e. The number of hydrogen-bond acceptors (Lipinski definition) is 6.